The zero-order valence-corrected chi connectivity index (χ0v) is 11.7. The van der Waals surface area contributed by atoms with Crippen LogP contribution in [0.2, 0.25) is 0 Å². The first kappa shape index (κ1) is 13.1. The van der Waals surface area contributed by atoms with E-state index in [4.69, 9.17) is 0 Å². The van der Waals surface area contributed by atoms with Crippen molar-refractivity contribution in [2.75, 3.05) is 11.9 Å². The molecule has 106 valence electrons. The zero-order chi connectivity index (χ0) is 15.0. The van der Waals surface area contributed by atoms with Crippen molar-refractivity contribution < 1.29 is 4.79 Å². The molecule has 0 bridgehead atoms. The van der Waals surface area contributed by atoms with Crippen molar-refractivity contribution in [3.05, 3.63) is 58.1 Å². The number of benzene rings is 1. The maximum atomic E-state index is 12.3. The lowest BCUT2D eigenvalue weighted by molar-refractivity contribution is 0.0988. The van der Waals surface area contributed by atoms with Crippen molar-refractivity contribution in [2.45, 2.75) is 6.92 Å². The van der Waals surface area contributed by atoms with E-state index in [0.29, 0.717) is 5.69 Å². The number of nitrogens with zero attached hydrogens (tertiary/aromatic N) is 2. The molecule has 0 unspecified atom stereocenters. The molecule has 3 aromatic rings. The Morgan fingerprint density at radius 3 is 2.71 bits per heavy atom. The molecule has 0 atom stereocenters. The molecule has 2 N–H and O–H groups in total. The van der Waals surface area contributed by atoms with Crippen LogP contribution in [0.15, 0.2) is 41.2 Å². The summed E-state index contributed by atoms with van der Waals surface area (Å²) in [5, 5.41) is 7.51. The number of aryl methyl sites for hydroxylation is 1. The van der Waals surface area contributed by atoms with E-state index in [1.54, 1.807) is 19.2 Å². The van der Waals surface area contributed by atoms with E-state index >= 15 is 0 Å². The molecule has 0 spiro atoms. The number of carbonyl (C=O) groups excluding carboxylic acids is 1. The number of aromatic amines is 2. The maximum absolute atomic E-state index is 12.3. The number of amides is 1. The predicted molar refractivity (Wildman–Crippen MR) is 80.6 cm³/mol. The highest BCUT2D eigenvalue weighted by atomic mass is 16.2. The molecule has 2 heterocycles. The summed E-state index contributed by atoms with van der Waals surface area (Å²) >= 11 is 0. The van der Waals surface area contributed by atoms with Crippen molar-refractivity contribution >= 4 is 22.5 Å². The van der Waals surface area contributed by atoms with Gasteiger partial charge >= 0.3 is 0 Å². The lowest BCUT2D eigenvalue weighted by Gasteiger charge is -2.15. The topological polar surface area (TPSA) is 81.8 Å². The number of nitrogens with one attached hydrogen (secondary N) is 2. The summed E-state index contributed by atoms with van der Waals surface area (Å²) in [7, 11) is 1.56. The molecule has 2 aromatic heterocycles. The van der Waals surface area contributed by atoms with E-state index in [0.717, 1.165) is 16.6 Å². The number of H-pyrrole nitrogens is 2. The van der Waals surface area contributed by atoms with Crippen LogP contribution in [0, 0.1) is 6.92 Å². The zero-order valence-electron chi connectivity index (χ0n) is 11.7. The Hall–Kier alpha value is -2.89. The second kappa shape index (κ2) is 4.90. The summed E-state index contributed by atoms with van der Waals surface area (Å²) in [6.45, 7) is 1.81. The van der Waals surface area contributed by atoms with Gasteiger partial charge in [0.25, 0.3) is 11.5 Å². The van der Waals surface area contributed by atoms with Gasteiger partial charge in [0.15, 0.2) is 5.69 Å². The van der Waals surface area contributed by atoms with Crippen molar-refractivity contribution in [2.24, 2.45) is 0 Å². The standard InChI is InChI=1S/C15H14N4O2/c1-9-7-12(18-17-9)15(21)19(2)13-8-10-5-3-4-6-11(10)16-14(13)20/h3-8H,1-2H3,(H,16,20)(H,17,18). The summed E-state index contributed by atoms with van der Waals surface area (Å²) in [5.41, 5.74) is 1.79. The molecule has 1 amide bonds. The van der Waals surface area contributed by atoms with Gasteiger partial charge in [0.1, 0.15) is 5.69 Å². The molecule has 1 aromatic carbocycles. The summed E-state index contributed by atoms with van der Waals surface area (Å²) in [5.74, 6) is -0.333. The largest absolute Gasteiger partial charge is 0.320 e. The first-order valence-electron chi connectivity index (χ1n) is 6.48. The van der Waals surface area contributed by atoms with Gasteiger partial charge in [-0.2, -0.15) is 5.10 Å². The van der Waals surface area contributed by atoms with Crippen LogP contribution >= 0.6 is 0 Å². The first-order valence-corrected chi connectivity index (χ1v) is 6.48. The fourth-order valence-electron chi connectivity index (χ4n) is 2.19. The smallest absolute Gasteiger partial charge is 0.278 e. The van der Waals surface area contributed by atoms with Crippen LogP contribution in [0.5, 0.6) is 0 Å². The van der Waals surface area contributed by atoms with Crippen molar-refractivity contribution in [1.29, 1.82) is 0 Å². The summed E-state index contributed by atoms with van der Waals surface area (Å²) in [4.78, 5) is 28.6. The van der Waals surface area contributed by atoms with Crippen LogP contribution in [-0.2, 0) is 0 Å². The van der Waals surface area contributed by atoms with E-state index in [-0.39, 0.29) is 17.2 Å². The second-order valence-corrected chi connectivity index (χ2v) is 4.87. The Balaban J connectivity index is 2.05. The minimum absolute atomic E-state index is 0.280. The van der Waals surface area contributed by atoms with Crippen LogP contribution in [0.3, 0.4) is 0 Å². The molecule has 0 fully saturated rings. The molecule has 0 saturated heterocycles. The van der Waals surface area contributed by atoms with Gasteiger partial charge in [-0.15, -0.1) is 0 Å². The molecule has 6 heteroatoms. The molecule has 0 aliphatic carbocycles. The molecule has 0 saturated carbocycles. The fraction of sp³-hybridized carbons (Fsp3) is 0.133. The van der Waals surface area contributed by atoms with E-state index in [1.165, 1.54) is 4.90 Å². The van der Waals surface area contributed by atoms with Gasteiger partial charge in [-0.05, 0) is 25.1 Å². The average molecular weight is 282 g/mol. The lowest BCUT2D eigenvalue weighted by atomic mass is 10.2. The monoisotopic (exact) mass is 282 g/mol. The van der Waals surface area contributed by atoms with Gasteiger partial charge in [0, 0.05) is 23.6 Å². The highest BCUT2D eigenvalue weighted by Crippen LogP contribution is 2.16. The van der Waals surface area contributed by atoms with Gasteiger partial charge in [0.05, 0.1) is 0 Å². The van der Waals surface area contributed by atoms with Crippen molar-refractivity contribution in [3.63, 3.8) is 0 Å². The van der Waals surface area contributed by atoms with Gasteiger partial charge in [0.2, 0.25) is 0 Å². The Morgan fingerprint density at radius 2 is 2.00 bits per heavy atom. The quantitative estimate of drug-likeness (QED) is 0.752. The molecular formula is C15H14N4O2. The van der Waals surface area contributed by atoms with Crippen molar-refractivity contribution in [3.8, 4) is 0 Å². The average Bonchev–Trinajstić information content (AvgIpc) is 2.91. The Kier molecular flexibility index (Phi) is 3.06. The Labute approximate surface area is 120 Å². The van der Waals surface area contributed by atoms with Gasteiger partial charge in [-0.3, -0.25) is 14.7 Å². The number of rotatable bonds is 2. The first-order chi connectivity index (χ1) is 10.1. The maximum Gasteiger partial charge on any atom is 0.278 e. The van der Waals surface area contributed by atoms with E-state index in [1.807, 2.05) is 31.2 Å². The third-order valence-corrected chi connectivity index (χ3v) is 3.32. The van der Waals surface area contributed by atoms with Gasteiger partial charge in [-0.25, -0.2) is 0 Å². The van der Waals surface area contributed by atoms with Crippen molar-refractivity contribution in [1.82, 2.24) is 15.2 Å². The van der Waals surface area contributed by atoms with E-state index < -0.39 is 0 Å². The lowest BCUT2D eigenvalue weighted by Crippen LogP contribution is -2.31. The minimum atomic E-state index is -0.333. The second-order valence-electron chi connectivity index (χ2n) is 4.87. The molecule has 6 nitrogen and oxygen atoms in total. The molecular weight excluding hydrogens is 268 g/mol. The number of hydrogen-bond acceptors (Lipinski definition) is 3. The van der Waals surface area contributed by atoms with Gasteiger partial charge < -0.3 is 9.88 Å². The summed E-state index contributed by atoms with van der Waals surface area (Å²) in [6, 6.07) is 10.8. The molecule has 0 aliphatic rings. The molecule has 0 aliphatic heterocycles. The van der Waals surface area contributed by atoms with Crippen LogP contribution < -0.4 is 10.5 Å². The fourth-order valence-corrected chi connectivity index (χ4v) is 2.19. The Morgan fingerprint density at radius 1 is 1.24 bits per heavy atom. The third kappa shape index (κ3) is 2.31. The number of hydrogen-bond donors (Lipinski definition) is 2. The number of aromatic nitrogens is 3. The number of pyridine rings is 1. The van der Waals surface area contributed by atoms with Crippen LogP contribution in [0.1, 0.15) is 16.2 Å². The van der Waals surface area contributed by atoms with Crippen LogP contribution in [-0.4, -0.2) is 28.1 Å². The normalized spacial score (nSPS) is 10.8. The highest BCUT2D eigenvalue weighted by molar-refractivity contribution is 6.05. The molecule has 3 rings (SSSR count). The van der Waals surface area contributed by atoms with Gasteiger partial charge in [-0.1, -0.05) is 18.2 Å². The minimum Gasteiger partial charge on any atom is -0.320 e. The summed E-state index contributed by atoms with van der Waals surface area (Å²) in [6.07, 6.45) is 0. The third-order valence-electron chi connectivity index (χ3n) is 3.32. The Bertz CT molecular complexity index is 879. The predicted octanol–water partition coefficient (Wildman–Crippen LogP) is 1.84. The number of carbonyl (C=O) groups is 1. The molecule has 21 heavy (non-hydrogen) atoms. The van der Waals surface area contributed by atoms with Crippen LogP contribution in [0.25, 0.3) is 10.9 Å². The van der Waals surface area contributed by atoms with Crippen LogP contribution in [0.4, 0.5) is 5.69 Å². The SMILES string of the molecule is Cc1cc(C(=O)N(C)c2cc3ccccc3[nH]c2=O)n[nH]1. The van der Waals surface area contributed by atoms with E-state index in [9.17, 15) is 9.59 Å². The number of fused-ring (bicyclic) bond motifs is 1. The number of para-hydroxylation sites is 1. The van der Waals surface area contributed by atoms with E-state index in [2.05, 4.69) is 15.2 Å². The molecule has 0 radical (unpaired) electrons. The summed E-state index contributed by atoms with van der Waals surface area (Å²) < 4.78 is 0. The highest BCUT2D eigenvalue weighted by Gasteiger charge is 2.19. The number of anilines is 1.